The Kier molecular flexibility index (Phi) is 9.99. The molecule has 158 valence electrons. The zero-order valence-corrected chi connectivity index (χ0v) is 17.6. The maximum atomic E-state index is 12.5. The van der Waals surface area contributed by atoms with Gasteiger partial charge in [-0.1, -0.05) is 12.5 Å². The van der Waals surface area contributed by atoms with Crippen molar-refractivity contribution in [1.82, 2.24) is 10.3 Å². The van der Waals surface area contributed by atoms with E-state index in [-0.39, 0.29) is 48.5 Å². The zero-order chi connectivity index (χ0) is 18.5. The molecule has 1 aromatic heterocycles. The molecule has 0 unspecified atom stereocenters. The van der Waals surface area contributed by atoms with Crippen molar-refractivity contribution in [3.63, 3.8) is 0 Å². The molecule has 0 spiro atoms. The third kappa shape index (κ3) is 5.72. The number of primary amides is 1. The molecule has 1 saturated heterocycles. The van der Waals surface area contributed by atoms with Crippen molar-refractivity contribution in [1.29, 1.82) is 0 Å². The number of nitrogens with zero attached hydrogens (tertiary/aromatic N) is 2. The van der Waals surface area contributed by atoms with Gasteiger partial charge in [-0.2, -0.15) is 0 Å². The summed E-state index contributed by atoms with van der Waals surface area (Å²) in [6.07, 6.45) is 6.31. The number of carbonyl (C=O) groups is 2. The third-order valence-corrected chi connectivity index (χ3v) is 5.82. The van der Waals surface area contributed by atoms with Gasteiger partial charge in [0.05, 0.1) is 0 Å². The van der Waals surface area contributed by atoms with Gasteiger partial charge in [0.15, 0.2) is 0 Å². The number of amides is 2. The first kappa shape index (κ1) is 24.5. The van der Waals surface area contributed by atoms with Crippen LogP contribution in [0.1, 0.15) is 37.7 Å². The molecule has 2 atom stereocenters. The first-order chi connectivity index (χ1) is 12.6. The van der Waals surface area contributed by atoms with E-state index >= 15 is 0 Å². The van der Waals surface area contributed by atoms with Gasteiger partial charge in [0.2, 0.25) is 11.8 Å². The highest BCUT2D eigenvalue weighted by molar-refractivity contribution is 5.85. The standard InChI is InChI=1S/C19H29N5O2.2ClH/c20-11-14-3-1-5-16(14)19(26)23-12-15-4-2-8-22-18(15)24-9-6-13(7-10-24)17(21)25;;/h2,4,8,13-14,16H,1,3,5-7,9-12,20H2,(H2,21,25)(H,23,26);2*1H/t14-,16-;;/m1../s1. The molecule has 1 aliphatic heterocycles. The van der Waals surface area contributed by atoms with Gasteiger partial charge in [-0.05, 0) is 44.2 Å². The molecule has 5 N–H and O–H groups in total. The Morgan fingerprint density at radius 1 is 1.18 bits per heavy atom. The fourth-order valence-corrected chi connectivity index (χ4v) is 4.21. The Hall–Kier alpha value is -1.57. The monoisotopic (exact) mass is 431 g/mol. The van der Waals surface area contributed by atoms with E-state index in [1.165, 1.54) is 0 Å². The molecule has 2 aliphatic rings. The predicted molar refractivity (Wildman–Crippen MR) is 115 cm³/mol. The van der Waals surface area contributed by atoms with Crippen molar-refractivity contribution >= 4 is 42.4 Å². The summed E-state index contributed by atoms with van der Waals surface area (Å²) in [5, 5.41) is 3.08. The summed E-state index contributed by atoms with van der Waals surface area (Å²) in [6.45, 7) is 2.55. The Labute approximate surface area is 178 Å². The van der Waals surface area contributed by atoms with Gasteiger partial charge >= 0.3 is 0 Å². The van der Waals surface area contributed by atoms with E-state index in [0.717, 1.165) is 56.6 Å². The Morgan fingerprint density at radius 2 is 1.89 bits per heavy atom. The van der Waals surface area contributed by atoms with Crippen LogP contribution in [0.15, 0.2) is 18.3 Å². The molecule has 1 aromatic rings. The van der Waals surface area contributed by atoms with Gasteiger partial charge in [-0.3, -0.25) is 9.59 Å². The fraction of sp³-hybridized carbons (Fsp3) is 0.632. The topological polar surface area (TPSA) is 114 Å². The molecule has 0 bridgehead atoms. The van der Waals surface area contributed by atoms with Crippen molar-refractivity contribution in [3.8, 4) is 0 Å². The number of rotatable bonds is 6. The van der Waals surface area contributed by atoms with Gasteiger partial charge < -0.3 is 21.7 Å². The highest BCUT2D eigenvalue weighted by Gasteiger charge is 2.32. The lowest BCUT2D eigenvalue weighted by molar-refractivity contribution is -0.126. The van der Waals surface area contributed by atoms with Crippen LogP contribution in [0.4, 0.5) is 5.82 Å². The number of nitrogens with one attached hydrogen (secondary N) is 1. The molecule has 2 heterocycles. The summed E-state index contributed by atoms with van der Waals surface area (Å²) in [5.74, 6) is 1.05. The number of hydrogen-bond donors (Lipinski definition) is 3. The predicted octanol–water partition coefficient (Wildman–Crippen LogP) is 1.62. The summed E-state index contributed by atoms with van der Waals surface area (Å²) in [6, 6.07) is 3.89. The average Bonchev–Trinajstić information content (AvgIpc) is 3.15. The Morgan fingerprint density at radius 3 is 2.54 bits per heavy atom. The van der Waals surface area contributed by atoms with Crippen LogP contribution in [0.3, 0.4) is 0 Å². The normalized spacial score (nSPS) is 22.1. The second-order valence-corrected chi connectivity index (χ2v) is 7.40. The third-order valence-electron chi connectivity index (χ3n) is 5.82. The van der Waals surface area contributed by atoms with Crippen LogP contribution in [0.2, 0.25) is 0 Å². The molecule has 2 amide bonds. The fourth-order valence-electron chi connectivity index (χ4n) is 4.21. The van der Waals surface area contributed by atoms with Gasteiger partial charge in [-0.15, -0.1) is 24.8 Å². The SMILES string of the molecule is Cl.Cl.NC[C@H]1CCC[C@H]1C(=O)NCc1cccnc1N1CCC(C(N)=O)CC1. The molecule has 0 radical (unpaired) electrons. The average molecular weight is 432 g/mol. The molecular weight excluding hydrogens is 401 g/mol. The largest absolute Gasteiger partial charge is 0.369 e. The summed E-state index contributed by atoms with van der Waals surface area (Å²) in [4.78, 5) is 30.6. The first-order valence-corrected chi connectivity index (χ1v) is 9.56. The Balaban J connectivity index is 0.00000196. The first-order valence-electron chi connectivity index (χ1n) is 9.56. The quantitative estimate of drug-likeness (QED) is 0.632. The van der Waals surface area contributed by atoms with Crippen molar-refractivity contribution < 1.29 is 9.59 Å². The summed E-state index contributed by atoms with van der Waals surface area (Å²) in [7, 11) is 0. The molecule has 9 heteroatoms. The van der Waals surface area contributed by atoms with Crippen LogP contribution in [0.25, 0.3) is 0 Å². The molecule has 1 aliphatic carbocycles. The Bertz CT molecular complexity index is 653. The minimum absolute atomic E-state index is 0. The van der Waals surface area contributed by atoms with Crippen LogP contribution in [-0.4, -0.2) is 36.4 Å². The summed E-state index contributed by atoms with van der Waals surface area (Å²) < 4.78 is 0. The maximum Gasteiger partial charge on any atom is 0.223 e. The molecular formula is C19H31Cl2N5O2. The van der Waals surface area contributed by atoms with E-state index in [0.29, 0.717) is 19.0 Å². The smallest absolute Gasteiger partial charge is 0.223 e. The van der Waals surface area contributed by atoms with E-state index < -0.39 is 0 Å². The van der Waals surface area contributed by atoms with Gasteiger partial charge in [-0.25, -0.2) is 4.98 Å². The number of aromatic nitrogens is 1. The number of carbonyl (C=O) groups excluding carboxylic acids is 2. The van der Waals surface area contributed by atoms with Crippen molar-refractivity contribution in [2.75, 3.05) is 24.5 Å². The minimum Gasteiger partial charge on any atom is -0.369 e. The number of anilines is 1. The molecule has 2 fully saturated rings. The molecule has 1 saturated carbocycles. The lowest BCUT2D eigenvalue weighted by Gasteiger charge is -2.32. The van der Waals surface area contributed by atoms with E-state index in [1.54, 1.807) is 6.20 Å². The number of halogens is 2. The highest BCUT2D eigenvalue weighted by Crippen LogP contribution is 2.31. The van der Waals surface area contributed by atoms with E-state index in [2.05, 4.69) is 15.2 Å². The van der Waals surface area contributed by atoms with E-state index in [1.807, 2.05) is 12.1 Å². The van der Waals surface area contributed by atoms with E-state index in [9.17, 15) is 9.59 Å². The maximum absolute atomic E-state index is 12.5. The molecule has 0 aromatic carbocycles. The second-order valence-electron chi connectivity index (χ2n) is 7.40. The second kappa shape index (κ2) is 11.4. The molecule has 7 nitrogen and oxygen atoms in total. The van der Waals surface area contributed by atoms with Gasteiger partial charge in [0.1, 0.15) is 5.82 Å². The van der Waals surface area contributed by atoms with Crippen LogP contribution in [-0.2, 0) is 16.1 Å². The van der Waals surface area contributed by atoms with Crippen molar-refractivity contribution in [3.05, 3.63) is 23.9 Å². The summed E-state index contributed by atoms with van der Waals surface area (Å²) >= 11 is 0. The van der Waals surface area contributed by atoms with Gasteiger partial charge in [0.25, 0.3) is 0 Å². The highest BCUT2D eigenvalue weighted by atomic mass is 35.5. The number of hydrogen-bond acceptors (Lipinski definition) is 5. The van der Waals surface area contributed by atoms with Crippen molar-refractivity contribution in [2.45, 2.75) is 38.6 Å². The molecule has 28 heavy (non-hydrogen) atoms. The summed E-state index contributed by atoms with van der Waals surface area (Å²) in [5.41, 5.74) is 12.2. The van der Waals surface area contributed by atoms with E-state index in [4.69, 9.17) is 11.5 Å². The number of piperidine rings is 1. The van der Waals surface area contributed by atoms with Crippen LogP contribution < -0.4 is 21.7 Å². The van der Waals surface area contributed by atoms with Gasteiger partial charge in [0, 0.05) is 43.2 Å². The zero-order valence-electron chi connectivity index (χ0n) is 16.0. The van der Waals surface area contributed by atoms with Crippen LogP contribution in [0, 0.1) is 17.8 Å². The van der Waals surface area contributed by atoms with Crippen molar-refractivity contribution in [2.24, 2.45) is 29.2 Å². The minimum atomic E-state index is -0.218. The lowest BCUT2D eigenvalue weighted by Crippen LogP contribution is -2.40. The van der Waals surface area contributed by atoms with Crippen LogP contribution >= 0.6 is 24.8 Å². The number of pyridine rings is 1. The molecule has 3 rings (SSSR count). The number of nitrogens with two attached hydrogens (primary N) is 2. The lowest BCUT2D eigenvalue weighted by atomic mass is 9.95. The van der Waals surface area contributed by atoms with Crippen LogP contribution in [0.5, 0.6) is 0 Å².